The molecule has 1 aliphatic heterocycles. The Labute approximate surface area is 99.6 Å². The molecule has 0 saturated carbocycles. The molecule has 1 aromatic heterocycles. The number of carbonyl (C=O) groups excluding carboxylic acids is 1. The van der Waals surface area contributed by atoms with Gasteiger partial charge >= 0.3 is 5.97 Å². The van der Waals surface area contributed by atoms with Crippen LogP contribution < -0.4 is 4.90 Å². The molecule has 0 aliphatic carbocycles. The van der Waals surface area contributed by atoms with E-state index >= 15 is 0 Å². The van der Waals surface area contributed by atoms with Gasteiger partial charge in [0.1, 0.15) is 11.9 Å². The van der Waals surface area contributed by atoms with Gasteiger partial charge in [-0.3, -0.25) is 0 Å². The van der Waals surface area contributed by atoms with Crippen molar-refractivity contribution in [2.24, 2.45) is 0 Å². The number of nitriles is 1. The van der Waals surface area contributed by atoms with Crippen LogP contribution in [-0.2, 0) is 9.53 Å². The van der Waals surface area contributed by atoms with Crippen LogP contribution in [0.2, 0.25) is 0 Å². The lowest BCUT2D eigenvalue weighted by molar-refractivity contribution is -0.141. The van der Waals surface area contributed by atoms with E-state index in [2.05, 4.69) is 11.1 Å². The minimum absolute atomic E-state index is 0.244. The molecule has 1 fully saturated rings. The highest BCUT2D eigenvalue weighted by molar-refractivity contribution is 5.80. The largest absolute Gasteiger partial charge is 0.467 e. The van der Waals surface area contributed by atoms with Gasteiger partial charge in [0, 0.05) is 12.7 Å². The number of methoxy groups -OCH3 is 1. The Hall–Kier alpha value is -2.09. The van der Waals surface area contributed by atoms with E-state index in [1.165, 1.54) is 7.11 Å². The zero-order valence-corrected chi connectivity index (χ0v) is 9.59. The average molecular weight is 231 g/mol. The lowest BCUT2D eigenvalue weighted by atomic mass is 10.2. The summed E-state index contributed by atoms with van der Waals surface area (Å²) in [7, 11) is 1.39. The minimum Gasteiger partial charge on any atom is -0.467 e. The van der Waals surface area contributed by atoms with Crippen molar-refractivity contribution in [2.75, 3.05) is 18.6 Å². The highest BCUT2D eigenvalue weighted by Gasteiger charge is 2.32. The van der Waals surface area contributed by atoms with Gasteiger partial charge in [-0.15, -0.1) is 0 Å². The van der Waals surface area contributed by atoms with Crippen molar-refractivity contribution in [3.63, 3.8) is 0 Å². The second kappa shape index (κ2) is 4.83. The fraction of sp³-hybridized carbons (Fsp3) is 0.417. The predicted molar refractivity (Wildman–Crippen MR) is 61.3 cm³/mol. The molecule has 0 bridgehead atoms. The molecule has 5 nitrogen and oxygen atoms in total. The van der Waals surface area contributed by atoms with E-state index in [-0.39, 0.29) is 12.0 Å². The van der Waals surface area contributed by atoms with Gasteiger partial charge in [0.25, 0.3) is 0 Å². The summed E-state index contributed by atoms with van der Waals surface area (Å²) < 4.78 is 4.77. The van der Waals surface area contributed by atoms with E-state index in [0.717, 1.165) is 19.4 Å². The molecular weight excluding hydrogens is 218 g/mol. The number of esters is 1. The topological polar surface area (TPSA) is 66.2 Å². The molecule has 0 amide bonds. The zero-order valence-electron chi connectivity index (χ0n) is 9.59. The molecule has 0 spiro atoms. The smallest absolute Gasteiger partial charge is 0.328 e. The third kappa shape index (κ3) is 2.21. The minimum atomic E-state index is -0.276. The lowest BCUT2D eigenvalue weighted by Gasteiger charge is -2.23. The maximum atomic E-state index is 11.6. The Bertz CT molecular complexity index is 467. The van der Waals surface area contributed by atoms with Crippen LogP contribution in [0.4, 0.5) is 5.82 Å². The molecule has 2 rings (SSSR count). The van der Waals surface area contributed by atoms with Crippen LogP contribution in [0.1, 0.15) is 18.4 Å². The predicted octanol–water partition coefficient (Wildman–Crippen LogP) is 1.10. The van der Waals surface area contributed by atoms with Crippen LogP contribution in [0, 0.1) is 11.3 Å². The number of hydrogen-bond donors (Lipinski definition) is 0. The summed E-state index contributed by atoms with van der Waals surface area (Å²) in [5, 5.41) is 8.84. The van der Waals surface area contributed by atoms with Crippen LogP contribution in [0.15, 0.2) is 18.3 Å². The number of nitrogens with zero attached hydrogens (tertiary/aromatic N) is 3. The molecule has 0 aromatic carbocycles. The number of carbonyl (C=O) groups is 1. The fourth-order valence-corrected chi connectivity index (χ4v) is 2.07. The van der Waals surface area contributed by atoms with Crippen LogP contribution in [0.3, 0.4) is 0 Å². The Balaban J connectivity index is 2.26. The Morgan fingerprint density at radius 3 is 3.24 bits per heavy atom. The summed E-state index contributed by atoms with van der Waals surface area (Å²) in [6.07, 6.45) is 3.28. The third-order valence-electron chi connectivity index (χ3n) is 2.89. The molecule has 1 saturated heterocycles. The zero-order chi connectivity index (χ0) is 12.3. The van der Waals surface area contributed by atoms with E-state index in [9.17, 15) is 4.79 Å². The summed E-state index contributed by atoms with van der Waals surface area (Å²) in [5.41, 5.74) is 0.547. The number of pyridine rings is 1. The monoisotopic (exact) mass is 231 g/mol. The molecule has 1 aliphatic rings. The van der Waals surface area contributed by atoms with Crippen LogP contribution in [0.5, 0.6) is 0 Å². The molecule has 0 radical (unpaired) electrons. The van der Waals surface area contributed by atoms with Crippen LogP contribution in [-0.4, -0.2) is 30.6 Å². The summed E-state index contributed by atoms with van der Waals surface area (Å²) in [5.74, 6) is 0.420. The van der Waals surface area contributed by atoms with E-state index in [4.69, 9.17) is 10.00 Å². The molecule has 17 heavy (non-hydrogen) atoms. The van der Waals surface area contributed by atoms with E-state index in [0.29, 0.717) is 11.4 Å². The van der Waals surface area contributed by atoms with E-state index in [1.807, 2.05) is 4.90 Å². The van der Waals surface area contributed by atoms with Gasteiger partial charge in [-0.2, -0.15) is 5.26 Å². The molecule has 0 N–H and O–H groups in total. The molecule has 5 heteroatoms. The fourth-order valence-electron chi connectivity index (χ4n) is 2.07. The van der Waals surface area contributed by atoms with Gasteiger partial charge in [0.05, 0.1) is 18.7 Å². The van der Waals surface area contributed by atoms with Crippen molar-refractivity contribution in [1.82, 2.24) is 4.98 Å². The molecule has 1 unspecified atom stereocenters. The third-order valence-corrected chi connectivity index (χ3v) is 2.89. The normalized spacial score (nSPS) is 18.8. The van der Waals surface area contributed by atoms with Crippen molar-refractivity contribution >= 4 is 11.8 Å². The van der Waals surface area contributed by atoms with Crippen LogP contribution >= 0.6 is 0 Å². The number of anilines is 1. The highest BCUT2D eigenvalue weighted by Crippen LogP contribution is 2.24. The van der Waals surface area contributed by atoms with Gasteiger partial charge < -0.3 is 9.64 Å². The summed E-state index contributed by atoms with van der Waals surface area (Å²) in [4.78, 5) is 17.7. The molecule has 1 atom stereocenters. The Morgan fingerprint density at radius 1 is 1.71 bits per heavy atom. The lowest BCUT2D eigenvalue weighted by Crippen LogP contribution is -2.37. The van der Waals surface area contributed by atoms with Crippen LogP contribution in [0.25, 0.3) is 0 Å². The van der Waals surface area contributed by atoms with E-state index < -0.39 is 0 Å². The van der Waals surface area contributed by atoms with Gasteiger partial charge in [0.15, 0.2) is 0 Å². The molecule has 1 aromatic rings. The van der Waals surface area contributed by atoms with Crippen molar-refractivity contribution in [1.29, 1.82) is 5.26 Å². The summed E-state index contributed by atoms with van der Waals surface area (Å²) in [6, 6.07) is 5.13. The second-order valence-corrected chi connectivity index (χ2v) is 3.89. The van der Waals surface area contributed by atoms with E-state index in [1.54, 1.807) is 18.3 Å². The molecule has 88 valence electrons. The molecular formula is C12H13N3O2. The van der Waals surface area contributed by atoms with Gasteiger partial charge in [0.2, 0.25) is 0 Å². The van der Waals surface area contributed by atoms with Crippen molar-refractivity contribution in [2.45, 2.75) is 18.9 Å². The van der Waals surface area contributed by atoms with Gasteiger partial charge in [-0.1, -0.05) is 0 Å². The van der Waals surface area contributed by atoms with Crippen molar-refractivity contribution in [3.05, 3.63) is 23.9 Å². The van der Waals surface area contributed by atoms with Crippen molar-refractivity contribution < 1.29 is 9.53 Å². The summed E-state index contributed by atoms with van der Waals surface area (Å²) >= 11 is 0. The van der Waals surface area contributed by atoms with Gasteiger partial charge in [-0.25, -0.2) is 9.78 Å². The second-order valence-electron chi connectivity index (χ2n) is 3.89. The number of aromatic nitrogens is 1. The average Bonchev–Trinajstić information content (AvgIpc) is 2.87. The van der Waals surface area contributed by atoms with Crippen molar-refractivity contribution in [3.8, 4) is 6.07 Å². The standard InChI is InChI=1S/C12H13N3O2/c1-17-12(16)10-3-2-6-15(10)11-7-9(8-13)4-5-14-11/h4-5,7,10H,2-3,6H2,1H3. The Kier molecular flexibility index (Phi) is 3.24. The maximum Gasteiger partial charge on any atom is 0.328 e. The number of ether oxygens (including phenoxy) is 1. The van der Waals surface area contributed by atoms with Gasteiger partial charge in [-0.05, 0) is 25.0 Å². The maximum absolute atomic E-state index is 11.6. The summed E-state index contributed by atoms with van der Waals surface area (Å²) in [6.45, 7) is 0.766. The SMILES string of the molecule is COC(=O)C1CCCN1c1cc(C#N)ccn1. The Morgan fingerprint density at radius 2 is 2.53 bits per heavy atom. The molecule has 2 heterocycles. The number of rotatable bonds is 2. The highest BCUT2D eigenvalue weighted by atomic mass is 16.5. The quantitative estimate of drug-likeness (QED) is 0.713. The first-order valence-corrected chi connectivity index (χ1v) is 5.47. The first-order valence-electron chi connectivity index (χ1n) is 5.47. The first kappa shape index (κ1) is 11.4. The first-order chi connectivity index (χ1) is 8.26. The number of hydrogen-bond acceptors (Lipinski definition) is 5.